The zero-order chi connectivity index (χ0) is 22.9. The van der Waals surface area contributed by atoms with Gasteiger partial charge in [-0.15, -0.1) is 0 Å². The molecule has 0 unspecified atom stereocenters. The number of guanidine groups is 1. The fourth-order valence-electron chi connectivity index (χ4n) is 3.50. The molecule has 0 spiro atoms. The van der Waals surface area contributed by atoms with Crippen LogP contribution in [0.15, 0.2) is 52.1 Å². The number of nitrogens with one attached hydrogen (secondary N) is 2. The zero-order valence-electron chi connectivity index (χ0n) is 19.0. The summed E-state index contributed by atoms with van der Waals surface area (Å²) in [4.78, 5) is 35.1. The molecule has 1 fully saturated rings. The Morgan fingerprint density at radius 1 is 1.09 bits per heavy atom. The van der Waals surface area contributed by atoms with E-state index in [4.69, 9.17) is 9.41 Å². The van der Waals surface area contributed by atoms with E-state index in [1.54, 1.807) is 17.0 Å². The van der Waals surface area contributed by atoms with Crippen molar-refractivity contribution < 1.29 is 14.0 Å². The summed E-state index contributed by atoms with van der Waals surface area (Å²) in [7, 11) is 3.72. The van der Waals surface area contributed by atoms with Crippen LogP contribution in [-0.4, -0.2) is 85.8 Å². The Morgan fingerprint density at radius 2 is 1.84 bits per heavy atom. The first kappa shape index (κ1) is 23.3. The first-order valence-electron chi connectivity index (χ1n) is 10.9. The molecule has 0 radical (unpaired) electrons. The summed E-state index contributed by atoms with van der Waals surface area (Å²) in [5, 5.41) is 6.26. The highest BCUT2D eigenvalue weighted by Crippen LogP contribution is 2.13. The molecule has 9 nitrogen and oxygen atoms in total. The number of likely N-dealkylation sites (N-methyl/N-ethyl adjacent to an activating group) is 1. The molecular weight excluding hydrogens is 408 g/mol. The molecule has 0 bridgehead atoms. The number of nitrogens with zero attached hydrogens (tertiary/aromatic N) is 4. The molecule has 0 aliphatic carbocycles. The lowest BCUT2D eigenvalue weighted by Crippen LogP contribution is -2.53. The number of amides is 2. The van der Waals surface area contributed by atoms with Crippen LogP contribution in [0, 0.1) is 0 Å². The molecule has 172 valence electrons. The molecule has 3 rings (SSSR count). The molecule has 2 N–H and O–H groups in total. The van der Waals surface area contributed by atoms with Crippen LogP contribution in [0.2, 0.25) is 0 Å². The molecule has 1 saturated heterocycles. The number of carbonyl (C=O) groups excluding carboxylic acids is 2. The number of carbonyl (C=O) groups is 2. The van der Waals surface area contributed by atoms with Crippen molar-refractivity contribution in [1.82, 2.24) is 20.0 Å². The molecule has 0 atom stereocenters. The van der Waals surface area contributed by atoms with E-state index in [-0.39, 0.29) is 11.8 Å². The van der Waals surface area contributed by atoms with Crippen molar-refractivity contribution >= 4 is 23.5 Å². The molecule has 9 heteroatoms. The van der Waals surface area contributed by atoms with Gasteiger partial charge in [0, 0.05) is 38.4 Å². The zero-order valence-corrected chi connectivity index (χ0v) is 19.0. The number of hydrogen-bond acceptors (Lipinski definition) is 5. The molecular formula is C23H32N6O3. The quantitative estimate of drug-likeness (QED) is 0.503. The summed E-state index contributed by atoms with van der Waals surface area (Å²) >= 11 is 0. The van der Waals surface area contributed by atoms with E-state index >= 15 is 0 Å². The minimum atomic E-state index is -0.0790. The minimum absolute atomic E-state index is 0.0500. The fourth-order valence-corrected chi connectivity index (χ4v) is 3.50. The summed E-state index contributed by atoms with van der Waals surface area (Å²) in [6.07, 6.45) is 1.52. The maximum atomic E-state index is 12.5. The number of anilines is 1. The molecule has 1 aromatic carbocycles. The van der Waals surface area contributed by atoms with E-state index in [1.165, 1.54) is 6.26 Å². The lowest BCUT2D eigenvalue weighted by atomic mass is 10.2. The van der Waals surface area contributed by atoms with E-state index in [9.17, 15) is 9.59 Å². The van der Waals surface area contributed by atoms with Gasteiger partial charge in [-0.2, -0.15) is 0 Å². The minimum Gasteiger partial charge on any atom is -0.459 e. The fraction of sp³-hybridized carbons (Fsp3) is 0.435. The van der Waals surface area contributed by atoms with E-state index in [0.717, 1.165) is 23.8 Å². The summed E-state index contributed by atoms with van der Waals surface area (Å²) in [5.41, 5.74) is 1.77. The van der Waals surface area contributed by atoms with Gasteiger partial charge in [0.2, 0.25) is 5.91 Å². The van der Waals surface area contributed by atoms with Gasteiger partial charge in [0.15, 0.2) is 11.7 Å². The Bertz CT molecular complexity index is 918. The van der Waals surface area contributed by atoms with E-state index < -0.39 is 0 Å². The van der Waals surface area contributed by atoms with Crippen molar-refractivity contribution in [2.45, 2.75) is 13.5 Å². The van der Waals surface area contributed by atoms with Gasteiger partial charge in [0.1, 0.15) is 0 Å². The monoisotopic (exact) mass is 440 g/mol. The average Bonchev–Trinajstić information content (AvgIpc) is 3.31. The molecule has 32 heavy (non-hydrogen) atoms. The molecule has 1 aromatic heterocycles. The number of piperazine rings is 1. The van der Waals surface area contributed by atoms with Crippen LogP contribution in [0.1, 0.15) is 23.0 Å². The molecule has 1 aliphatic rings. The van der Waals surface area contributed by atoms with Crippen molar-refractivity contribution in [3.05, 3.63) is 54.0 Å². The lowest BCUT2D eigenvalue weighted by Gasteiger charge is -2.36. The van der Waals surface area contributed by atoms with E-state index in [0.29, 0.717) is 45.0 Å². The second kappa shape index (κ2) is 11.3. The van der Waals surface area contributed by atoms with Gasteiger partial charge >= 0.3 is 0 Å². The van der Waals surface area contributed by atoms with Crippen LogP contribution in [0.4, 0.5) is 5.69 Å². The van der Waals surface area contributed by atoms with E-state index in [1.807, 2.05) is 50.2 Å². The second-order valence-electron chi connectivity index (χ2n) is 7.91. The second-order valence-corrected chi connectivity index (χ2v) is 7.91. The number of benzene rings is 1. The third-order valence-corrected chi connectivity index (χ3v) is 5.02. The summed E-state index contributed by atoms with van der Waals surface area (Å²) in [5.74, 6) is 1.06. The highest BCUT2D eigenvalue weighted by atomic mass is 16.3. The van der Waals surface area contributed by atoms with Crippen molar-refractivity contribution in [3.63, 3.8) is 0 Å². The van der Waals surface area contributed by atoms with Gasteiger partial charge in [0.25, 0.3) is 5.91 Å². The Morgan fingerprint density at radius 3 is 2.50 bits per heavy atom. The van der Waals surface area contributed by atoms with Crippen molar-refractivity contribution in [1.29, 1.82) is 0 Å². The molecule has 0 saturated carbocycles. The van der Waals surface area contributed by atoms with Gasteiger partial charge in [0.05, 0.1) is 19.4 Å². The standard InChI is InChI=1S/C23H32N6O3/c1-4-24-23(29-12-10-28(11-13-29)22(31)20-9-6-14-32-20)25-16-18-7-5-8-19(15-18)26-21(30)17-27(2)3/h5-9,14-15H,4,10-13,16-17H2,1-3H3,(H,24,25)(H,26,30). The van der Waals surface area contributed by atoms with Crippen molar-refractivity contribution in [3.8, 4) is 0 Å². The lowest BCUT2D eigenvalue weighted by molar-refractivity contribution is -0.116. The van der Waals surface area contributed by atoms with Crippen LogP contribution < -0.4 is 10.6 Å². The third-order valence-electron chi connectivity index (χ3n) is 5.02. The predicted octanol–water partition coefficient (Wildman–Crippen LogP) is 1.70. The Kier molecular flexibility index (Phi) is 8.27. The summed E-state index contributed by atoms with van der Waals surface area (Å²) in [6, 6.07) is 11.2. The number of furan rings is 1. The first-order chi connectivity index (χ1) is 15.5. The number of rotatable bonds is 7. The van der Waals surface area contributed by atoms with Crippen LogP contribution >= 0.6 is 0 Å². The van der Waals surface area contributed by atoms with Gasteiger partial charge in [-0.1, -0.05) is 12.1 Å². The molecule has 2 amide bonds. The van der Waals surface area contributed by atoms with Gasteiger partial charge in [-0.25, -0.2) is 4.99 Å². The topological polar surface area (TPSA) is 93.4 Å². The maximum absolute atomic E-state index is 12.5. The third kappa shape index (κ3) is 6.58. The smallest absolute Gasteiger partial charge is 0.289 e. The Balaban J connectivity index is 1.59. The molecule has 2 aromatic rings. The maximum Gasteiger partial charge on any atom is 0.289 e. The summed E-state index contributed by atoms with van der Waals surface area (Å²) in [6.45, 7) is 6.22. The van der Waals surface area contributed by atoms with Crippen LogP contribution in [0.5, 0.6) is 0 Å². The van der Waals surface area contributed by atoms with Crippen LogP contribution in [0.25, 0.3) is 0 Å². The van der Waals surface area contributed by atoms with Crippen molar-refractivity contribution in [2.75, 3.05) is 58.7 Å². The van der Waals surface area contributed by atoms with Gasteiger partial charge in [-0.3, -0.25) is 9.59 Å². The number of aliphatic imine (C=N–C) groups is 1. The normalized spacial score (nSPS) is 14.6. The SMILES string of the molecule is CCNC(=NCc1cccc(NC(=O)CN(C)C)c1)N1CCN(C(=O)c2ccco2)CC1. The summed E-state index contributed by atoms with van der Waals surface area (Å²) < 4.78 is 5.23. The first-order valence-corrected chi connectivity index (χ1v) is 10.9. The van der Waals surface area contributed by atoms with E-state index in [2.05, 4.69) is 15.5 Å². The largest absolute Gasteiger partial charge is 0.459 e. The van der Waals surface area contributed by atoms with Crippen LogP contribution in [-0.2, 0) is 11.3 Å². The predicted molar refractivity (Wildman–Crippen MR) is 125 cm³/mol. The van der Waals surface area contributed by atoms with Gasteiger partial charge < -0.3 is 29.8 Å². The Labute approximate surface area is 189 Å². The van der Waals surface area contributed by atoms with Crippen LogP contribution in [0.3, 0.4) is 0 Å². The molecule has 2 heterocycles. The molecule has 1 aliphatic heterocycles. The number of hydrogen-bond donors (Lipinski definition) is 2. The highest BCUT2D eigenvalue weighted by molar-refractivity contribution is 5.92. The average molecular weight is 441 g/mol. The Hall–Kier alpha value is -3.33. The van der Waals surface area contributed by atoms with Crippen molar-refractivity contribution in [2.24, 2.45) is 4.99 Å². The highest BCUT2D eigenvalue weighted by Gasteiger charge is 2.25. The van der Waals surface area contributed by atoms with Gasteiger partial charge in [-0.05, 0) is 50.8 Å².